The van der Waals surface area contributed by atoms with Crippen LogP contribution in [0.25, 0.3) is 33.4 Å². The van der Waals surface area contributed by atoms with Gasteiger partial charge in [0.2, 0.25) is 0 Å². The maximum atomic E-state index is 13.4. The Balaban J connectivity index is 0.00000380. The first-order chi connectivity index (χ1) is 17.5. The molecule has 0 bridgehead atoms. The molecule has 0 heterocycles. The van der Waals surface area contributed by atoms with Gasteiger partial charge in [-0.3, -0.25) is 4.79 Å². The number of aryl methyl sites for hydroxylation is 1. The van der Waals surface area contributed by atoms with Crippen molar-refractivity contribution < 1.29 is 33.6 Å². The molecule has 0 saturated carbocycles. The second-order valence-corrected chi connectivity index (χ2v) is 9.60. The van der Waals surface area contributed by atoms with Crippen LogP contribution in [0.4, 0.5) is 0 Å². The average molecular weight is 502 g/mol. The molecule has 0 aliphatic carbocycles. The van der Waals surface area contributed by atoms with E-state index in [1.165, 1.54) is 11.8 Å². The first-order valence-corrected chi connectivity index (χ1v) is 13.2. The van der Waals surface area contributed by atoms with E-state index in [4.69, 9.17) is 0 Å². The normalized spacial score (nSPS) is 11.3. The molecule has 0 spiro atoms. The third-order valence-corrected chi connectivity index (χ3v) is 6.87. The van der Waals surface area contributed by atoms with E-state index in [0.717, 1.165) is 38.9 Å². The number of hydrogen-bond donors (Lipinski definition) is 1. The molecule has 0 aliphatic rings. The number of carbonyl (C=O) groups is 2. The molecule has 4 aromatic carbocycles. The predicted octanol–water partition coefficient (Wildman–Crippen LogP) is 2.60. The molecule has 6 heteroatoms. The van der Waals surface area contributed by atoms with Gasteiger partial charge in [0, 0.05) is 5.56 Å². The smallest absolute Gasteiger partial charge is 0.548 e. The van der Waals surface area contributed by atoms with Crippen LogP contribution in [0.5, 0.6) is 0 Å². The molecule has 0 saturated heterocycles. The molecule has 0 fully saturated rings. The molecule has 37 heavy (non-hydrogen) atoms. The zero-order valence-corrected chi connectivity index (χ0v) is 22.2. The van der Waals surface area contributed by atoms with Gasteiger partial charge in [0.1, 0.15) is 0 Å². The van der Waals surface area contributed by atoms with E-state index < -0.39 is 17.9 Å². The fraction of sp³-hybridized carbons (Fsp3) is 0.161. The summed E-state index contributed by atoms with van der Waals surface area (Å²) in [6.45, 7) is 2.00. The Hall–Kier alpha value is -3.23. The molecule has 0 radical (unpaired) electrons. The van der Waals surface area contributed by atoms with E-state index in [0.29, 0.717) is 17.7 Å². The summed E-state index contributed by atoms with van der Waals surface area (Å²) in [6.07, 6.45) is 2.20. The molecule has 4 rings (SSSR count). The van der Waals surface area contributed by atoms with Crippen molar-refractivity contribution in [2.24, 2.45) is 0 Å². The van der Waals surface area contributed by atoms with Crippen molar-refractivity contribution >= 4 is 23.6 Å². The van der Waals surface area contributed by atoms with Gasteiger partial charge in [-0.15, -0.1) is 0 Å². The van der Waals surface area contributed by atoms with E-state index in [1.807, 2.05) is 79.9 Å². The second kappa shape index (κ2) is 13.4. The zero-order chi connectivity index (χ0) is 25.5. The number of carboxylic acids is 1. The van der Waals surface area contributed by atoms with Crippen LogP contribution in [-0.4, -0.2) is 29.9 Å². The number of rotatable bonds is 9. The van der Waals surface area contributed by atoms with Crippen LogP contribution in [0, 0.1) is 6.92 Å². The van der Waals surface area contributed by atoms with E-state index in [1.54, 1.807) is 6.07 Å². The van der Waals surface area contributed by atoms with Crippen molar-refractivity contribution in [1.29, 1.82) is 0 Å². The molecule has 1 amide bonds. The Morgan fingerprint density at radius 3 is 2.00 bits per heavy atom. The van der Waals surface area contributed by atoms with E-state index in [-0.39, 0.29) is 18.9 Å². The van der Waals surface area contributed by atoms with Crippen LogP contribution >= 0.6 is 11.8 Å². The van der Waals surface area contributed by atoms with E-state index in [9.17, 15) is 14.7 Å². The van der Waals surface area contributed by atoms with Crippen LogP contribution in [0.1, 0.15) is 22.3 Å². The summed E-state index contributed by atoms with van der Waals surface area (Å²) in [5, 5.41) is 14.3. The van der Waals surface area contributed by atoms with Gasteiger partial charge in [-0.25, -0.2) is 0 Å². The molecule has 0 unspecified atom stereocenters. The van der Waals surface area contributed by atoms with Gasteiger partial charge in [-0.2, -0.15) is 11.8 Å². The monoisotopic (exact) mass is 501 g/mol. The number of thioether (sulfide) groups is 1. The van der Waals surface area contributed by atoms with E-state index >= 15 is 0 Å². The van der Waals surface area contributed by atoms with Crippen LogP contribution in [-0.2, 0) is 4.79 Å². The summed E-state index contributed by atoms with van der Waals surface area (Å²) in [4.78, 5) is 25.0. The molecule has 4 nitrogen and oxygen atoms in total. The molecular formula is C31H28LiNO3S. The number of benzene rings is 4. The summed E-state index contributed by atoms with van der Waals surface area (Å²) < 4.78 is 0. The summed E-state index contributed by atoms with van der Waals surface area (Å²) in [6, 6.07) is 31.0. The quantitative estimate of drug-likeness (QED) is 0.358. The van der Waals surface area contributed by atoms with Crippen molar-refractivity contribution in [1.82, 2.24) is 5.32 Å². The molecule has 0 aliphatic heterocycles. The molecule has 4 aromatic rings. The summed E-state index contributed by atoms with van der Waals surface area (Å²) in [5.41, 5.74) is 7.38. The standard InChI is InChI=1S/C31H29NO3S.Li/c1-21-10-6-7-13-24(21)28-20-23(26-15-9-8-14-25(26)22-11-4-3-5-12-22)16-17-27(28)30(33)32-29(31(34)35)18-19-36-2;/h3-17,20,29H,18-19H2,1-2H3,(H,32,33)(H,34,35);/q;+1/p-1/t29-;/m0./s1. The minimum absolute atomic E-state index is 0. The van der Waals surface area contributed by atoms with Gasteiger partial charge in [0.15, 0.2) is 0 Å². The van der Waals surface area contributed by atoms with Crippen molar-refractivity contribution in [3.63, 3.8) is 0 Å². The largest absolute Gasteiger partial charge is 1.00 e. The Kier molecular flexibility index (Phi) is 10.2. The van der Waals surface area contributed by atoms with Crippen molar-refractivity contribution in [2.45, 2.75) is 19.4 Å². The van der Waals surface area contributed by atoms with Crippen LogP contribution < -0.4 is 29.3 Å². The van der Waals surface area contributed by atoms with Gasteiger partial charge in [-0.05, 0) is 76.4 Å². The fourth-order valence-corrected chi connectivity index (χ4v) is 4.80. The molecular weight excluding hydrogens is 473 g/mol. The van der Waals surface area contributed by atoms with Crippen LogP contribution in [0.2, 0.25) is 0 Å². The maximum Gasteiger partial charge on any atom is 1.00 e. The first-order valence-electron chi connectivity index (χ1n) is 11.8. The number of nitrogens with one attached hydrogen (secondary N) is 1. The Morgan fingerprint density at radius 1 is 0.784 bits per heavy atom. The number of hydrogen-bond acceptors (Lipinski definition) is 4. The number of aliphatic carboxylic acids is 1. The predicted molar refractivity (Wildman–Crippen MR) is 147 cm³/mol. The van der Waals surface area contributed by atoms with Gasteiger partial charge < -0.3 is 15.2 Å². The summed E-state index contributed by atoms with van der Waals surface area (Å²) in [5.74, 6) is -1.09. The molecule has 1 N–H and O–H groups in total. The topological polar surface area (TPSA) is 69.2 Å². The minimum atomic E-state index is -1.27. The summed E-state index contributed by atoms with van der Waals surface area (Å²) >= 11 is 1.53. The van der Waals surface area contributed by atoms with Gasteiger partial charge in [0.05, 0.1) is 12.0 Å². The number of amides is 1. The van der Waals surface area contributed by atoms with Crippen LogP contribution in [0.15, 0.2) is 97.1 Å². The maximum absolute atomic E-state index is 13.4. The molecule has 0 aromatic heterocycles. The molecule has 182 valence electrons. The van der Waals surface area contributed by atoms with Crippen LogP contribution in [0.3, 0.4) is 0 Å². The fourth-order valence-electron chi connectivity index (χ4n) is 4.33. The van der Waals surface area contributed by atoms with Crippen molar-refractivity contribution in [3.05, 3.63) is 108 Å². The van der Waals surface area contributed by atoms with Crippen molar-refractivity contribution in [2.75, 3.05) is 12.0 Å². The van der Waals surface area contributed by atoms with Gasteiger partial charge in [-0.1, -0.05) is 84.9 Å². The van der Waals surface area contributed by atoms with E-state index in [2.05, 4.69) is 29.6 Å². The second-order valence-electron chi connectivity index (χ2n) is 8.61. The SMILES string of the molecule is CSCC[C@H](NC(=O)c1ccc(-c2ccccc2-c2ccccc2)cc1-c1ccccc1C)C(=O)[O-].[Li+]. The van der Waals surface area contributed by atoms with Crippen molar-refractivity contribution in [3.8, 4) is 33.4 Å². The minimum Gasteiger partial charge on any atom is -0.548 e. The first kappa shape index (κ1) is 28.3. The van der Waals surface area contributed by atoms with Gasteiger partial charge in [0.25, 0.3) is 5.91 Å². The zero-order valence-electron chi connectivity index (χ0n) is 21.4. The number of carboxylic acid groups (broad SMARTS) is 1. The third kappa shape index (κ3) is 6.75. The third-order valence-electron chi connectivity index (χ3n) is 6.22. The van der Waals surface area contributed by atoms with Gasteiger partial charge >= 0.3 is 18.9 Å². The Morgan fingerprint density at radius 2 is 1.38 bits per heavy atom. The Bertz CT molecular complexity index is 1370. The Labute approximate surface area is 234 Å². The average Bonchev–Trinajstić information content (AvgIpc) is 2.91. The summed E-state index contributed by atoms with van der Waals surface area (Å²) in [7, 11) is 0. The number of carbonyl (C=O) groups excluding carboxylic acids is 2. The molecule has 1 atom stereocenters.